The molecular formula is C26H27N3O2. The van der Waals surface area contributed by atoms with Gasteiger partial charge in [0, 0.05) is 49.0 Å². The SMILES string of the molecule is O=C(Nc1ccc(-c2ccc(CN3CCOCC3)cc2)cc1)C1CC1c1ccccn1. The van der Waals surface area contributed by atoms with Crippen molar-refractivity contribution in [2.45, 2.75) is 18.9 Å². The summed E-state index contributed by atoms with van der Waals surface area (Å²) in [5.41, 5.74) is 5.50. The van der Waals surface area contributed by atoms with Crippen molar-refractivity contribution in [3.8, 4) is 11.1 Å². The molecule has 1 aliphatic heterocycles. The number of pyridine rings is 1. The molecule has 3 aromatic rings. The summed E-state index contributed by atoms with van der Waals surface area (Å²) < 4.78 is 5.42. The summed E-state index contributed by atoms with van der Waals surface area (Å²) >= 11 is 0. The van der Waals surface area contributed by atoms with Crippen LogP contribution >= 0.6 is 0 Å². The Morgan fingerprint density at radius 3 is 2.35 bits per heavy atom. The molecule has 5 heteroatoms. The third-order valence-electron chi connectivity index (χ3n) is 6.14. The van der Waals surface area contributed by atoms with E-state index in [9.17, 15) is 4.79 Å². The average molecular weight is 414 g/mol. The monoisotopic (exact) mass is 413 g/mol. The zero-order valence-corrected chi connectivity index (χ0v) is 17.5. The van der Waals surface area contributed by atoms with Crippen LogP contribution in [0.2, 0.25) is 0 Å². The van der Waals surface area contributed by atoms with E-state index < -0.39 is 0 Å². The number of anilines is 1. The third kappa shape index (κ3) is 4.84. The molecule has 0 bridgehead atoms. The lowest BCUT2D eigenvalue weighted by Gasteiger charge is -2.26. The van der Waals surface area contributed by atoms with E-state index in [1.54, 1.807) is 6.20 Å². The van der Waals surface area contributed by atoms with Crippen molar-refractivity contribution >= 4 is 11.6 Å². The Bertz CT molecular complexity index is 1010. The molecule has 1 saturated carbocycles. The lowest BCUT2D eigenvalue weighted by Crippen LogP contribution is -2.35. The summed E-state index contributed by atoms with van der Waals surface area (Å²) in [5.74, 6) is 0.348. The van der Waals surface area contributed by atoms with Crippen LogP contribution in [0.1, 0.15) is 23.6 Å². The number of morpholine rings is 1. The number of amides is 1. The second-order valence-corrected chi connectivity index (χ2v) is 8.36. The maximum Gasteiger partial charge on any atom is 0.228 e. The largest absolute Gasteiger partial charge is 0.379 e. The molecule has 0 spiro atoms. The van der Waals surface area contributed by atoms with Crippen LogP contribution in [0, 0.1) is 5.92 Å². The Labute approximate surface area is 183 Å². The number of carbonyl (C=O) groups excluding carboxylic acids is 1. The number of rotatable bonds is 6. The van der Waals surface area contributed by atoms with E-state index in [2.05, 4.69) is 51.6 Å². The van der Waals surface area contributed by atoms with Gasteiger partial charge in [0.1, 0.15) is 0 Å². The maximum absolute atomic E-state index is 12.6. The van der Waals surface area contributed by atoms with Gasteiger partial charge in [0.25, 0.3) is 0 Å². The van der Waals surface area contributed by atoms with Gasteiger partial charge in [0.05, 0.1) is 13.2 Å². The molecule has 2 aliphatic rings. The minimum Gasteiger partial charge on any atom is -0.379 e. The second kappa shape index (κ2) is 9.00. The number of ether oxygens (including phenoxy) is 1. The first kappa shape index (κ1) is 19.9. The number of hydrogen-bond acceptors (Lipinski definition) is 4. The van der Waals surface area contributed by atoms with Crippen LogP contribution < -0.4 is 5.32 Å². The second-order valence-electron chi connectivity index (χ2n) is 8.36. The van der Waals surface area contributed by atoms with E-state index in [1.165, 1.54) is 11.1 Å². The summed E-state index contributed by atoms with van der Waals surface area (Å²) in [7, 11) is 0. The molecule has 1 aliphatic carbocycles. The molecule has 1 N–H and O–H groups in total. The minimum atomic E-state index is 0.0218. The van der Waals surface area contributed by atoms with Gasteiger partial charge in [-0.25, -0.2) is 0 Å². The molecule has 158 valence electrons. The van der Waals surface area contributed by atoms with Crippen molar-refractivity contribution in [3.63, 3.8) is 0 Å². The quantitative estimate of drug-likeness (QED) is 0.654. The molecule has 1 aromatic heterocycles. The zero-order valence-electron chi connectivity index (χ0n) is 17.5. The fourth-order valence-electron chi connectivity index (χ4n) is 4.21. The predicted octanol–water partition coefficient (Wildman–Crippen LogP) is 4.32. The fourth-order valence-corrected chi connectivity index (χ4v) is 4.21. The van der Waals surface area contributed by atoms with Crippen LogP contribution in [0.3, 0.4) is 0 Å². The van der Waals surface area contributed by atoms with E-state index >= 15 is 0 Å². The van der Waals surface area contributed by atoms with Crippen molar-refractivity contribution < 1.29 is 9.53 Å². The molecule has 31 heavy (non-hydrogen) atoms. The Morgan fingerprint density at radius 1 is 0.968 bits per heavy atom. The highest BCUT2D eigenvalue weighted by atomic mass is 16.5. The van der Waals surface area contributed by atoms with Crippen molar-refractivity contribution in [1.29, 1.82) is 0 Å². The van der Waals surface area contributed by atoms with Gasteiger partial charge in [-0.2, -0.15) is 0 Å². The average Bonchev–Trinajstić information content (AvgIpc) is 3.63. The summed E-state index contributed by atoms with van der Waals surface area (Å²) in [6.45, 7) is 4.61. The zero-order chi connectivity index (χ0) is 21.0. The third-order valence-corrected chi connectivity index (χ3v) is 6.14. The van der Waals surface area contributed by atoms with Crippen molar-refractivity contribution in [1.82, 2.24) is 9.88 Å². The molecule has 2 unspecified atom stereocenters. The van der Waals surface area contributed by atoms with Gasteiger partial charge in [-0.1, -0.05) is 42.5 Å². The van der Waals surface area contributed by atoms with Crippen molar-refractivity contribution in [3.05, 3.63) is 84.2 Å². The number of benzene rings is 2. The number of hydrogen-bond donors (Lipinski definition) is 1. The number of nitrogens with zero attached hydrogens (tertiary/aromatic N) is 2. The molecule has 2 atom stereocenters. The van der Waals surface area contributed by atoms with E-state index in [4.69, 9.17) is 4.74 Å². The fraction of sp³-hybridized carbons (Fsp3) is 0.308. The Balaban J connectivity index is 1.17. The minimum absolute atomic E-state index is 0.0218. The van der Waals surface area contributed by atoms with Crippen LogP contribution in [-0.2, 0) is 16.1 Å². The molecule has 2 aromatic carbocycles. The van der Waals surface area contributed by atoms with Crippen LogP contribution in [-0.4, -0.2) is 42.1 Å². The highest BCUT2D eigenvalue weighted by molar-refractivity contribution is 5.95. The van der Waals surface area contributed by atoms with Crippen LogP contribution in [0.4, 0.5) is 5.69 Å². The van der Waals surface area contributed by atoms with Gasteiger partial charge in [0.2, 0.25) is 5.91 Å². The maximum atomic E-state index is 12.6. The van der Waals surface area contributed by atoms with Gasteiger partial charge in [-0.3, -0.25) is 14.7 Å². The summed E-state index contributed by atoms with van der Waals surface area (Å²) in [6.07, 6.45) is 2.66. The van der Waals surface area contributed by atoms with E-state index in [0.29, 0.717) is 0 Å². The van der Waals surface area contributed by atoms with Crippen molar-refractivity contribution in [2.75, 3.05) is 31.6 Å². The normalized spacial score (nSPS) is 20.9. The number of nitrogens with one attached hydrogen (secondary N) is 1. The van der Waals surface area contributed by atoms with Gasteiger partial charge < -0.3 is 10.1 Å². The predicted molar refractivity (Wildman–Crippen MR) is 122 cm³/mol. The lowest BCUT2D eigenvalue weighted by molar-refractivity contribution is -0.117. The molecule has 1 amide bonds. The molecule has 1 saturated heterocycles. The van der Waals surface area contributed by atoms with Crippen LogP contribution in [0.25, 0.3) is 11.1 Å². The topological polar surface area (TPSA) is 54.5 Å². The summed E-state index contributed by atoms with van der Waals surface area (Å²) in [6, 6.07) is 22.7. The van der Waals surface area contributed by atoms with Gasteiger partial charge in [0.15, 0.2) is 0 Å². The van der Waals surface area contributed by atoms with E-state index in [0.717, 1.165) is 56.2 Å². The Morgan fingerprint density at radius 2 is 1.68 bits per heavy atom. The molecule has 2 fully saturated rings. The van der Waals surface area contributed by atoms with Crippen LogP contribution in [0.5, 0.6) is 0 Å². The Kier molecular flexibility index (Phi) is 5.78. The molecule has 5 nitrogen and oxygen atoms in total. The van der Waals surface area contributed by atoms with E-state index in [-0.39, 0.29) is 17.7 Å². The smallest absolute Gasteiger partial charge is 0.228 e. The summed E-state index contributed by atoms with van der Waals surface area (Å²) in [4.78, 5) is 19.4. The standard InChI is InChI=1S/C26H27N3O2/c30-26(24-17-23(24)25-3-1-2-12-27-25)28-22-10-8-21(9-11-22)20-6-4-19(5-7-20)18-29-13-15-31-16-14-29/h1-12,23-24H,13-18H2,(H,28,30). The Hall–Kier alpha value is -3.02. The molecular weight excluding hydrogens is 386 g/mol. The first-order valence-corrected chi connectivity index (χ1v) is 11.0. The lowest BCUT2D eigenvalue weighted by atomic mass is 10.0. The molecule has 2 heterocycles. The molecule has 0 radical (unpaired) electrons. The van der Waals surface area contributed by atoms with Gasteiger partial charge >= 0.3 is 0 Å². The first-order chi connectivity index (χ1) is 15.3. The number of carbonyl (C=O) groups is 1. The highest BCUT2D eigenvalue weighted by Crippen LogP contribution is 2.47. The molecule has 5 rings (SSSR count). The van der Waals surface area contributed by atoms with Crippen LogP contribution in [0.15, 0.2) is 72.9 Å². The van der Waals surface area contributed by atoms with Gasteiger partial charge in [-0.15, -0.1) is 0 Å². The van der Waals surface area contributed by atoms with E-state index in [1.807, 2.05) is 30.3 Å². The number of aromatic nitrogens is 1. The first-order valence-electron chi connectivity index (χ1n) is 11.0. The van der Waals surface area contributed by atoms with Gasteiger partial charge in [-0.05, 0) is 47.4 Å². The highest BCUT2D eigenvalue weighted by Gasteiger charge is 2.44. The van der Waals surface area contributed by atoms with Crippen molar-refractivity contribution in [2.24, 2.45) is 5.92 Å². The summed E-state index contributed by atoms with van der Waals surface area (Å²) in [5, 5.41) is 3.05.